The molecule has 1 aromatic carbocycles. The van der Waals surface area contributed by atoms with Crippen molar-refractivity contribution in [1.82, 2.24) is 4.57 Å². The fourth-order valence-electron chi connectivity index (χ4n) is 1.86. The quantitative estimate of drug-likeness (QED) is 0.862. The van der Waals surface area contributed by atoms with E-state index in [4.69, 9.17) is 22.1 Å². The van der Waals surface area contributed by atoms with Gasteiger partial charge in [-0.05, 0) is 43.2 Å². The lowest BCUT2D eigenvalue weighted by atomic mass is 10.2. The molecule has 0 bridgehead atoms. The molecule has 2 rings (SSSR count). The Morgan fingerprint density at radius 2 is 2.10 bits per heavy atom. The number of halogens is 1. The number of benzene rings is 1. The second-order valence-electron chi connectivity index (χ2n) is 4.61. The number of hydrogen-bond acceptors (Lipinski definition) is 3. The van der Waals surface area contributed by atoms with E-state index in [1.54, 1.807) is 16.8 Å². The number of nitrogen functional groups attached to an aromatic ring is 1. The van der Waals surface area contributed by atoms with Crippen molar-refractivity contribution in [3.63, 3.8) is 0 Å². The van der Waals surface area contributed by atoms with Gasteiger partial charge < -0.3 is 15.0 Å². The van der Waals surface area contributed by atoms with Crippen LogP contribution in [-0.4, -0.2) is 11.2 Å². The molecule has 2 N–H and O–H groups in total. The predicted octanol–water partition coefficient (Wildman–Crippen LogP) is 2.86. The van der Waals surface area contributed by atoms with Crippen LogP contribution in [0, 0.1) is 6.92 Å². The van der Waals surface area contributed by atoms with E-state index >= 15 is 0 Å². The molecule has 0 unspecified atom stereocenters. The van der Waals surface area contributed by atoms with Crippen molar-refractivity contribution in [2.75, 3.05) is 12.3 Å². The first-order valence-corrected chi connectivity index (χ1v) is 6.79. The summed E-state index contributed by atoms with van der Waals surface area (Å²) in [5.41, 5.74) is 7.16. The van der Waals surface area contributed by atoms with Crippen molar-refractivity contribution in [2.24, 2.45) is 0 Å². The number of ether oxygens (including phenoxy) is 1. The summed E-state index contributed by atoms with van der Waals surface area (Å²) < 4.78 is 7.22. The molecule has 0 atom stereocenters. The minimum Gasteiger partial charge on any atom is -0.494 e. The highest BCUT2D eigenvalue weighted by molar-refractivity contribution is 6.31. The number of rotatable bonds is 5. The van der Waals surface area contributed by atoms with Crippen LogP contribution in [0.5, 0.6) is 5.75 Å². The minimum absolute atomic E-state index is 0.0541. The SMILES string of the molecule is Cc1cc(OCCCn2cc(N)ccc2=O)ccc1Cl. The normalized spacial score (nSPS) is 10.5. The van der Waals surface area contributed by atoms with Gasteiger partial charge in [-0.1, -0.05) is 11.6 Å². The van der Waals surface area contributed by atoms with Gasteiger partial charge in [-0.2, -0.15) is 0 Å². The van der Waals surface area contributed by atoms with Crippen LogP contribution in [-0.2, 0) is 6.54 Å². The van der Waals surface area contributed by atoms with E-state index in [0.717, 1.165) is 22.8 Å². The molecule has 0 radical (unpaired) electrons. The fraction of sp³-hybridized carbons (Fsp3) is 0.267. The zero-order valence-electron chi connectivity index (χ0n) is 11.3. The lowest BCUT2D eigenvalue weighted by molar-refractivity contribution is 0.301. The summed E-state index contributed by atoms with van der Waals surface area (Å²) in [6.45, 7) is 3.04. The van der Waals surface area contributed by atoms with E-state index in [0.29, 0.717) is 18.8 Å². The lowest BCUT2D eigenvalue weighted by Crippen LogP contribution is -2.20. The highest BCUT2D eigenvalue weighted by atomic mass is 35.5. The zero-order valence-corrected chi connectivity index (χ0v) is 12.1. The summed E-state index contributed by atoms with van der Waals surface area (Å²) >= 11 is 5.95. The first-order chi connectivity index (χ1) is 9.56. The summed E-state index contributed by atoms with van der Waals surface area (Å²) in [4.78, 5) is 11.6. The molecule has 1 heterocycles. The standard InChI is InChI=1S/C15H17ClN2O2/c1-11-9-13(4-5-14(11)16)20-8-2-7-18-10-12(17)3-6-15(18)19/h3-6,9-10H,2,7-8,17H2,1H3. The summed E-state index contributed by atoms with van der Waals surface area (Å²) in [5.74, 6) is 0.784. The third-order valence-electron chi connectivity index (χ3n) is 2.95. The first kappa shape index (κ1) is 14.5. The summed E-state index contributed by atoms with van der Waals surface area (Å²) in [6, 6.07) is 8.62. The van der Waals surface area contributed by atoms with Gasteiger partial charge in [-0.25, -0.2) is 0 Å². The Kier molecular flexibility index (Phi) is 4.69. The van der Waals surface area contributed by atoms with Gasteiger partial charge in [-0.3, -0.25) is 4.79 Å². The Bertz CT molecular complexity index is 653. The monoisotopic (exact) mass is 292 g/mol. The lowest BCUT2D eigenvalue weighted by Gasteiger charge is -2.09. The molecule has 106 valence electrons. The molecule has 0 spiro atoms. The molecule has 2 aromatic rings. The molecule has 0 amide bonds. The third kappa shape index (κ3) is 3.78. The van der Waals surface area contributed by atoms with Gasteiger partial charge in [0.15, 0.2) is 0 Å². The van der Waals surface area contributed by atoms with Crippen molar-refractivity contribution >= 4 is 17.3 Å². The zero-order chi connectivity index (χ0) is 14.5. The number of pyridine rings is 1. The van der Waals surface area contributed by atoms with Gasteiger partial charge in [-0.15, -0.1) is 0 Å². The Morgan fingerprint density at radius 3 is 2.85 bits per heavy atom. The maximum Gasteiger partial charge on any atom is 0.250 e. The number of anilines is 1. The van der Waals surface area contributed by atoms with Crippen LogP contribution < -0.4 is 16.0 Å². The maximum absolute atomic E-state index is 11.6. The van der Waals surface area contributed by atoms with E-state index in [9.17, 15) is 4.79 Å². The Labute approximate surface area is 122 Å². The number of aromatic nitrogens is 1. The molecule has 0 aliphatic carbocycles. The Hall–Kier alpha value is -1.94. The number of nitrogens with zero attached hydrogens (tertiary/aromatic N) is 1. The highest BCUT2D eigenvalue weighted by Gasteiger charge is 2.00. The van der Waals surface area contributed by atoms with Crippen molar-refractivity contribution in [3.05, 3.63) is 57.5 Å². The smallest absolute Gasteiger partial charge is 0.250 e. The minimum atomic E-state index is -0.0541. The van der Waals surface area contributed by atoms with Gasteiger partial charge in [0.25, 0.3) is 5.56 Å². The van der Waals surface area contributed by atoms with Crippen molar-refractivity contribution < 1.29 is 4.74 Å². The second kappa shape index (κ2) is 6.48. The maximum atomic E-state index is 11.6. The Balaban J connectivity index is 1.86. The highest BCUT2D eigenvalue weighted by Crippen LogP contribution is 2.21. The van der Waals surface area contributed by atoms with Gasteiger partial charge in [0.05, 0.1) is 6.61 Å². The van der Waals surface area contributed by atoms with Crippen LogP contribution in [0.4, 0.5) is 5.69 Å². The van der Waals surface area contributed by atoms with Crippen molar-refractivity contribution in [2.45, 2.75) is 19.9 Å². The summed E-state index contributed by atoms with van der Waals surface area (Å²) in [5, 5.41) is 0.726. The molecule has 0 aliphatic rings. The van der Waals surface area contributed by atoms with Gasteiger partial charge in [0.1, 0.15) is 5.75 Å². The number of hydrogen-bond donors (Lipinski definition) is 1. The molecule has 20 heavy (non-hydrogen) atoms. The van der Waals surface area contributed by atoms with Gasteiger partial charge in [0, 0.05) is 29.5 Å². The molecule has 0 saturated heterocycles. The fourth-order valence-corrected chi connectivity index (χ4v) is 1.97. The van der Waals surface area contributed by atoms with E-state index in [-0.39, 0.29) is 5.56 Å². The van der Waals surface area contributed by atoms with E-state index in [2.05, 4.69) is 0 Å². The molecule has 4 nitrogen and oxygen atoms in total. The summed E-state index contributed by atoms with van der Waals surface area (Å²) in [7, 11) is 0. The van der Waals surface area contributed by atoms with Crippen molar-refractivity contribution in [1.29, 1.82) is 0 Å². The third-order valence-corrected chi connectivity index (χ3v) is 3.37. The molecule has 1 aromatic heterocycles. The number of aryl methyl sites for hydroxylation is 2. The van der Waals surface area contributed by atoms with Crippen LogP contribution >= 0.6 is 11.6 Å². The van der Waals surface area contributed by atoms with Gasteiger partial charge >= 0.3 is 0 Å². The molecule has 0 aliphatic heterocycles. The van der Waals surface area contributed by atoms with E-state index in [1.165, 1.54) is 6.07 Å². The average Bonchev–Trinajstić information content (AvgIpc) is 2.42. The van der Waals surface area contributed by atoms with E-state index in [1.807, 2.05) is 25.1 Å². The molecular formula is C15H17ClN2O2. The first-order valence-electron chi connectivity index (χ1n) is 6.41. The van der Waals surface area contributed by atoms with Crippen LogP contribution in [0.2, 0.25) is 5.02 Å². The van der Waals surface area contributed by atoms with Crippen LogP contribution in [0.15, 0.2) is 41.3 Å². The molecule has 0 saturated carbocycles. The predicted molar refractivity (Wildman–Crippen MR) is 81.4 cm³/mol. The summed E-state index contributed by atoms with van der Waals surface area (Å²) in [6.07, 6.45) is 2.37. The van der Waals surface area contributed by atoms with Crippen LogP contribution in [0.3, 0.4) is 0 Å². The largest absolute Gasteiger partial charge is 0.494 e. The topological polar surface area (TPSA) is 57.2 Å². The van der Waals surface area contributed by atoms with Crippen LogP contribution in [0.25, 0.3) is 0 Å². The average molecular weight is 293 g/mol. The van der Waals surface area contributed by atoms with Gasteiger partial charge in [0.2, 0.25) is 0 Å². The number of nitrogens with two attached hydrogens (primary N) is 1. The molecule has 0 fully saturated rings. The molecular weight excluding hydrogens is 276 g/mol. The Morgan fingerprint density at radius 1 is 1.30 bits per heavy atom. The van der Waals surface area contributed by atoms with Crippen molar-refractivity contribution in [3.8, 4) is 5.75 Å². The molecule has 5 heteroatoms. The van der Waals surface area contributed by atoms with Crippen LogP contribution in [0.1, 0.15) is 12.0 Å². The van der Waals surface area contributed by atoms with E-state index < -0.39 is 0 Å². The second-order valence-corrected chi connectivity index (χ2v) is 5.01.